The minimum Gasteiger partial charge on any atom is -0.508 e. The fourth-order valence-corrected chi connectivity index (χ4v) is 2.12. The molecule has 0 unspecified atom stereocenters. The maximum Gasteiger partial charge on any atom is 0.255 e. The van der Waals surface area contributed by atoms with Crippen molar-refractivity contribution in [1.29, 1.82) is 0 Å². The molecule has 2 aromatic carbocycles. The Morgan fingerprint density at radius 1 is 1.11 bits per heavy atom. The Bertz CT molecular complexity index is 626. The van der Waals surface area contributed by atoms with Gasteiger partial charge >= 0.3 is 0 Å². The number of carbonyl (C=O) groups is 1. The fraction of sp³-hybridized carbons (Fsp3) is 0. The highest BCUT2D eigenvalue weighted by Gasteiger charge is 2.11. The highest BCUT2D eigenvalue weighted by atomic mass is 127. The van der Waals surface area contributed by atoms with Crippen molar-refractivity contribution in [2.75, 3.05) is 5.32 Å². The van der Waals surface area contributed by atoms with Crippen LogP contribution in [-0.4, -0.2) is 16.1 Å². The summed E-state index contributed by atoms with van der Waals surface area (Å²) >= 11 is 1.90. The average molecular weight is 373 g/mol. The number of halogens is 2. The largest absolute Gasteiger partial charge is 0.508 e. The number of anilines is 1. The van der Waals surface area contributed by atoms with Gasteiger partial charge in [-0.3, -0.25) is 4.79 Å². The molecule has 0 aromatic heterocycles. The molecule has 3 N–H and O–H groups in total. The van der Waals surface area contributed by atoms with Gasteiger partial charge in [0.1, 0.15) is 17.3 Å². The first-order valence-corrected chi connectivity index (χ1v) is 6.33. The van der Waals surface area contributed by atoms with Crippen LogP contribution in [0.15, 0.2) is 36.4 Å². The molecule has 0 aliphatic carbocycles. The summed E-state index contributed by atoms with van der Waals surface area (Å²) in [6.07, 6.45) is 0. The van der Waals surface area contributed by atoms with Crippen molar-refractivity contribution in [1.82, 2.24) is 0 Å². The lowest BCUT2D eigenvalue weighted by atomic mass is 10.2. The Labute approximate surface area is 122 Å². The Morgan fingerprint density at radius 2 is 1.74 bits per heavy atom. The predicted molar refractivity (Wildman–Crippen MR) is 76.8 cm³/mol. The van der Waals surface area contributed by atoms with Crippen molar-refractivity contribution >= 4 is 34.2 Å². The smallest absolute Gasteiger partial charge is 0.255 e. The van der Waals surface area contributed by atoms with Crippen LogP contribution in [0.5, 0.6) is 11.5 Å². The van der Waals surface area contributed by atoms with E-state index in [1.54, 1.807) is 0 Å². The average Bonchev–Trinajstić information content (AvgIpc) is 2.31. The number of nitrogens with one attached hydrogen (secondary N) is 1. The van der Waals surface area contributed by atoms with E-state index in [2.05, 4.69) is 5.32 Å². The van der Waals surface area contributed by atoms with E-state index in [4.69, 9.17) is 0 Å². The summed E-state index contributed by atoms with van der Waals surface area (Å²) in [7, 11) is 0. The van der Waals surface area contributed by atoms with Crippen molar-refractivity contribution in [2.24, 2.45) is 0 Å². The van der Waals surface area contributed by atoms with Gasteiger partial charge in [0.2, 0.25) is 0 Å². The maximum atomic E-state index is 12.9. The Morgan fingerprint density at radius 3 is 2.32 bits per heavy atom. The van der Waals surface area contributed by atoms with Crippen molar-refractivity contribution in [3.05, 3.63) is 51.3 Å². The van der Waals surface area contributed by atoms with Crippen molar-refractivity contribution < 1.29 is 19.4 Å². The van der Waals surface area contributed by atoms with Gasteiger partial charge in [-0.1, -0.05) is 0 Å². The molecule has 0 saturated heterocycles. The van der Waals surface area contributed by atoms with E-state index >= 15 is 0 Å². The SMILES string of the molecule is O=C(Nc1ccc(F)cc1I)c1cc(O)cc(O)c1. The normalized spacial score (nSPS) is 10.2. The lowest BCUT2D eigenvalue weighted by molar-refractivity contribution is 0.102. The van der Waals surface area contributed by atoms with Gasteiger partial charge in [-0.2, -0.15) is 0 Å². The molecule has 98 valence electrons. The minimum absolute atomic E-state index is 0.109. The van der Waals surface area contributed by atoms with Gasteiger partial charge in [0.05, 0.1) is 5.69 Å². The second-order valence-corrected chi connectivity index (χ2v) is 4.98. The van der Waals surface area contributed by atoms with E-state index in [0.29, 0.717) is 9.26 Å². The summed E-state index contributed by atoms with van der Waals surface area (Å²) in [6.45, 7) is 0. The Kier molecular flexibility index (Phi) is 3.89. The molecule has 0 atom stereocenters. The molecule has 2 rings (SSSR count). The predicted octanol–water partition coefficient (Wildman–Crippen LogP) is 3.09. The molecule has 0 bridgehead atoms. The zero-order valence-corrected chi connectivity index (χ0v) is 11.7. The second-order valence-electron chi connectivity index (χ2n) is 3.82. The van der Waals surface area contributed by atoms with Gasteiger partial charge in [0.25, 0.3) is 5.91 Å². The van der Waals surface area contributed by atoms with Crippen molar-refractivity contribution in [3.8, 4) is 11.5 Å². The molecule has 4 nitrogen and oxygen atoms in total. The highest BCUT2D eigenvalue weighted by molar-refractivity contribution is 14.1. The van der Waals surface area contributed by atoms with E-state index in [9.17, 15) is 19.4 Å². The zero-order chi connectivity index (χ0) is 14.0. The summed E-state index contributed by atoms with van der Waals surface area (Å²) in [6, 6.07) is 7.54. The number of phenols is 2. The van der Waals surface area contributed by atoms with Crippen LogP contribution in [0.25, 0.3) is 0 Å². The van der Waals surface area contributed by atoms with Crippen LogP contribution in [0.2, 0.25) is 0 Å². The monoisotopic (exact) mass is 373 g/mol. The molecule has 6 heteroatoms. The van der Waals surface area contributed by atoms with E-state index in [1.807, 2.05) is 22.6 Å². The second kappa shape index (κ2) is 5.43. The number of carbonyl (C=O) groups excluding carboxylic acids is 1. The molecule has 2 aromatic rings. The van der Waals surface area contributed by atoms with E-state index in [0.717, 1.165) is 6.07 Å². The third-order valence-electron chi connectivity index (χ3n) is 2.34. The summed E-state index contributed by atoms with van der Waals surface area (Å²) in [4.78, 5) is 11.9. The van der Waals surface area contributed by atoms with Gasteiger partial charge in [-0.25, -0.2) is 4.39 Å². The van der Waals surface area contributed by atoms with E-state index in [-0.39, 0.29) is 17.1 Å². The standard InChI is InChI=1S/C13H9FINO3/c14-8-1-2-12(11(15)5-8)16-13(19)7-3-9(17)6-10(18)4-7/h1-6,17-18H,(H,16,19). The third-order valence-corrected chi connectivity index (χ3v) is 3.24. The van der Waals surface area contributed by atoms with E-state index in [1.165, 1.54) is 30.3 Å². The summed E-state index contributed by atoms with van der Waals surface area (Å²) in [5, 5.41) is 21.2. The first-order valence-electron chi connectivity index (χ1n) is 5.25. The lowest BCUT2D eigenvalue weighted by Crippen LogP contribution is -2.12. The minimum atomic E-state index is -0.504. The lowest BCUT2D eigenvalue weighted by Gasteiger charge is -2.08. The summed E-state index contributed by atoms with van der Waals surface area (Å²) in [5.41, 5.74) is 0.562. The van der Waals surface area contributed by atoms with Gasteiger partial charge in [0, 0.05) is 15.2 Å². The zero-order valence-electron chi connectivity index (χ0n) is 9.52. The van der Waals surface area contributed by atoms with Gasteiger partial charge in [-0.15, -0.1) is 0 Å². The van der Waals surface area contributed by atoms with Crippen molar-refractivity contribution in [2.45, 2.75) is 0 Å². The molecule has 0 spiro atoms. The summed E-state index contributed by atoms with van der Waals surface area (Å²) < 4.78 is 13.5. The van der Waals surface area contributed by atoms with Crippen LogP contribution >= 0.6 is 22.6 Å². The molecule has 19 heavy (non-hydrogen) atoms. The van der Waals surface area contributed by atoms with Crippen LogP contribution in [-0.2, 0) is 0 Å². The molecule has 0 saturated carbocycles. The molecular formula is C13H9FINO3. The molecular weight excluding hydrogens is 364 g/mol. The van der Waals surface area contributed by atoms with Crippen LogP contribution in [0.3, 0.4) is 0 Å². The molecule has 1 amide bonds. The van der Waals surface area contributed by atoms with Crippen LogP contribution in [0, 0.1) is 9.39 Å². The summed E-state index contributed by atoms with van der Waals surface area (Å²) in [5.74, 6) is -1.31. The van der Waals surface area contributed by atoms with Gasteiger partial charge < -0.3 is 15.5 Å². The van der Waals surface area contributed by atoms with E-state index < -0.39 is 11.7 Å². The number of amides is 1. The molecule has 0 fully saturated rings. The maximum absolute atomic E-state index is 12.9. The van der Waals surface area contributed by atoms with Crippen LogP contribution in [0.1, 0.15) is 10.4 Å². The third kappa shape index (κ3) is 3.34. The Balaban J connectivity index is 2.25. The Hall–Kier alpha value is -1.83. The highest BCUT2D eigenvalue weighted by Crippen LogP contribution is 2.23. The first kappa shape index (κ1) is 13.6. The molecule has 0 radical (unpaired) electrons. The van der Waals surface area contributed by atoms with Crippen molar-refractivity contribution in [3.63, 3.8) is 0 Å². The number of rotatable bonds is 2. The number of aromatic hydroxyl groups is 2. The molecule has 0 aliphatic rings. The number of hydrogen-bond donors (Lipinski definition) is 3. The fourth-order valence-electron chi connectivity index (χ4n) is 1.51. The quantitative estimate of drug-likeness (QED) is 0.709. The number of hydrogen-bond acceptors (Lipinski definition) is 3. The van der Waals surface area contributed by atoms with Crippen LogP contribution < -0.4 is 5.32 Å². The van der Waals surface area contributed by atoms with Gasteiger partial charge in [0.15, 0.2) is 0 Å². The van der Waals surface area contributed by atoms with Crippen LogP contribution in [0.4, 0.5) is 10.1 Å². The number of benzene rings is 2. The first-order chi connectivity index (χ1) is 8.95. The van der Waals surface area contributed by atoms with Gasteiger partial charge in [-0.05, 0) is 52.9 Å². The number of phenolic OH excluding ortho intramolecular Hbond substituents is 2. The molecule has 0 heterocycles. The molecule has 0 aliphatic heterocycles. The topological polar surface area (TPSA) is 69.6 Å².